The summed E-state index contributed by atoms with van der Waals surface area (Å²) in [5.74, 6) is -0.359. The lowest BCUT2D eigenvalue weighted by Crippen LogP contribution is -1.81. The monoisotopic (exact) mass is 127 g/mol. The number of carbonyl (C=O) groups is 1. The molecule has 0 N–H and O–H groups in total. The Labute approximate surface area is 52.9 Å². The third kappa shape index (κ3) is 3.40. The van der Waals surface area contributed by atoms with Crippen molar-refractivity contribution in [3.8, 4) is 0 Å². The first-order valence-corrected chi connectivity index (χ1v) is 2.46. The maximum absolute atomic E-state index is 10.3. The van der Waals surface area contributed by atoms with Crippen LogP contribution in [0.1, 0.15) is 6.92 Å². The van der Waals surface area contributed by atoms with E-state index in [0.29, 0.717) is 0 Å². The van der Waals surface area contributed by atoms with Crippen LogP contribution in [0.5, 0.6) is 0 Å². The number of allylic oxidation sites excluding steroid dienone is 1. The number of isothiocyanates is 1. The molecule has 0 bridgehead atoms. The van der Waals surface area contributed by atoms with E-state index < -0.39 is 0 Å². The fraction of sp³-hybridized carbons (Fsp3) is 0.200. The van der Waals surface area contributed by atoms with Crippen molar-refractivity contribution < 1.29 is 4.79 Å². The standard InChI is InChI=1S/C5H5NOS/c1-2-3-5(7)6-4-8/h2-3H,1H3. The van der Waals surface area contributed by atoms with Gasteiger partial charge < -0.3 is 0 Å². The zero-order valence-corrected chi connectivity index (χ0v) is 5.23. The highest BCUT2D eigenvalue weighted by molar-refractivity contribution is 7.78. The van der Waals surface area contributed by atoms with E-state index in [1.54, 1.807) is 13.0 Å². The Bertz CT molecular complexity index is 156. The molecule has 0 aliphatic heterocycles. The summed E-state index contributed by atoms with van der Waals surface area (Å²) in [6.45, 7) is 1.73. The van der Waals surface area contributed by atoms with E-state index >= 15 is 0 Å². The van der Waals surface area contributed by atoms with Crippen molar-refractivity contribution >= 4 is 23.3 Å². The fourth-order valence-corrected chi connectivity index (χ4v) is 0.315. The van der Waals surface area contributed by atoms with Crippen molar-refractivity contribution in [1.29, 1.82) is 0 Å². The average molecular weight is 127 g/mol. The topological polar surface area (TPSA) is 29.4 Å². The SMILES string of the molecule is CC=CC(=O)N=C=S. The molecule has 0 rings (SSSR count). The van der Waals surface area contributed by atoms with Gasteiger partial charge in [-0.3, -0.25) is 4.79 Å². The van der Waals surface area contributed by atoms with Crippen LogP contribution in [0.2, 0.25) is 0 Å². The van der Waals surface area contributed by atoms with Crippen LogP contribution in [-0.4, -0.2) is 11.1 Å². The molecular formula is C5H5NOS. The van der Waals surface area contributed by atoms with E-state index in [-0.39, 0.29) is 5.91 Å². The summed E-state index contributed by atoms with van der Waals surface area (Å²) in [6, 6.07) is 0. The van der Waals surface area contributed by atoms with E-state index in [4.69, 9.17) is 0 Å². The van der Waals surface area contributed by atoms with Crippen LogP contribution < -0.4 is 0 Å². The number of amides is 1. The zero-order valence-electron chi connectivity index (χ0n) is 4.42. The van der Waals surface area contributed by atoms with Crippen LogP contribution >= 0.6 is 12.2 Å². The molecule has 0 aromatic carbocycles. The third-order valence-corrected chi connectivity index (χ3v) is 0.556. The van der Waals surface area contributed by atoms with Gasteiger partial charge in [0.05, 0.1) is 5.16 Å². The molecule has 0 saturated heterocycles. The highest BCUT2D eigenvalue weighted by Gasteiger charge is 1.82. The Morgan fingerprint density at radius 3 is 2.88 bits per heavy atom. The van der Waals surface area contributed by atoms with Crippen LogP contribution in [0.4, 0.5) is 0 Å². The lowest BCUT2D eigenvalue weighted by molar-refractivity contribution is -0.113. The summed E-state index contributed by atoms with van der Waals surface area (Å²) in [7, 11) is 0. The van der Waals surface area contributed by atoms with Gasteiger partial charge in [-0.1, -0.05) is 6.08 Å². The van der Waals surface area contributed by atoms with E-state index in [1.165, 1.54) is 6.08 Å². The summed E-state index contributed by atoms with van der Waals surface area (Å²) in [6.07, 6.45) is 2.91. The minimum Gasteiger partial charge on any atom is -0.267 e. The third-order valence-electron chi connectivity index (χ3n) is 0.465. The number of nitrogens with zero attached hydrogens (tertiary/aromatic N) is 1. The average Bonchev–Trinajstić information content (AvgIpc) is 1.68. The molecule has 3 heteroatoms. The molecule has 0 radical (unpaired) electrons. The molecule has 8 heavy (non-hydrogen) atoms. The molecule has 0 saturated carbocycles. The number of rotatable bonds is 1. The number of aliphatic imine (C=N–C) groups is 1. The van der Waals surface area contributed by atoms with Gasteiger partial charge >= 0.3 is 0 Å². The van der Waals surface area contributed by atoms with E-state index in [2.05, 4.69) is 17.2 Å². The summed E-state index contributed by atoms with van der Waals surface area (Å²) < 4.78 is 0. The maximum atomic E-state index is 10.3. The molecule has 0 aromatic heterocycles. The second kappa shape index (κ2) is 4.37. The van der Waals surface area contributed by atoms with Crippen LogP contribution in [0.3, 0.4) is 0 Å². The highest BCUT2D eigenvalue weighted by atomic mass is 32.1. The second-order valence-corrected chi connectivity index (χ2v) is 1.22. The Morgan fingerprint density at radius 2 is 2.50 bits per heavy atom. The number of carbonyl (C=O) groups excluding carboxylic acids is 1. The van der Waals surface area contributed by atoms with Crippen LogP contribution in [0, 0.1) is 0 Å². The first kappa shape index (κ1) is 7.21. The Kier molecular flexibility index (Phi) is 3.94. The lowest BCUT2D eigenvalue weighted by Gasteiger charge is -1.71. The molecule has 2 nitrogen and oxygen atoms in total. The van der Waals surface area contributed by atoms with Gasteiger partial charge in [0.25, 0.3) is 5.91 Å². The lowest BCUT2D eigenvalue weighted by atomic mass is 10.5. The summed E-state index contributed by atoms with van der Waals surface area (Å²) in [5.41, 5.74) is 0. The first-order chi connectivity index (χ1) is 3.81. The van der Waals surface area contributed by atoms with Crippen LogP contribution in [-0.2, 0) is 4.79 Å². The van der Waals surface area contributed by atoms with Crippen molar-refractivity contribution in [3.05, 3.63) is 12.2 Å². The quantitative estimate of drug-likeness (QED) is 0.301. The molecule has 0 heterocycles. The van der Waals surface area contributed by atoms with Crippen LogP contribution in [0.15, 0.2) is 17.1 Å². The largest absolute Gasteiger partial charge is 0.278 e. The maximum Gasteiger partial charge on any atom is 0.278 e. The molecular weight excluding hydrogens is 122 g/mol. The smallest absolute Gasteiger partial charge is 0.267 e. The minimum atomic E-state index is -0.359. The second-order valence-electron chi connectivity index (χ2n) is 1.04. The predicted octanol–water partition coefficient (Wildman–Crippen LogP) is 1.19. The van der Waals surface area contributed by atoms with Gasteiger partial charge in [-0.25, -0.2) is 0 Å². The van der Waals surface area contributed by atoms with Crippen LogP contribution in [0.25, 0.3) is 0 Å². The molecule has 0 spiro atoms. The van der Waals surface area contributed by atoms with Gasteiger partial charge in [0.1, 0.15) is 0 Å². The summed E-state index contributed by atoms with van der Waals surface area (Å²) in [4.78, 5) is 13.4. The molecule has 1 amide bonds. The highest BCUT2D eigenvalue weighted by Crippen LogP contribution is 1.74. The van der Waals surface area contributed by atoms with Gasteiger partial charge in [-0.2, -0.15) is 4.99 Å². The molecule has 0 aliphatic rings. The molecule has 0 atom stereocenters. The molecule has 0 aliphatic carbocycles. The van der Waals surface area contributed by atoms with Gasteiger partial charge in [0.2, 0.25) is 0 Å². The van der Waals surface area contributed by atoms with Crippen molar-refractivity contribution in [3.63, 3.8) is 0 Å². The molecule has 0 fully saturated rings. The number of hydrogen-bond donors (Lipinski definition) is 0. The van der Waals surface area contributed by atoms with Gasteiger partial charge in [0.15, 0.2) is 0 Å². The molecule has 0 aromatic rings. The van der Waals surface area contributed by atoms with Gasteiger partial charge in [-0.15, -0.1) is 0 Å². The summed E-state index contributed by atoms with van der Waals surface area (Å²) >= 11 is 4.17. The summed E-state index contributed by atoms with van der Waals surface area (Å²) in [5, 5.41) is 1.96. The Morgan fingerprint density at radius 1 is 1.88 bits per heavy atom. The number of hydrogen-bond acceptors (Lipinski definition) is 2. The van der Waals surface area contributed by atoms with Crippen molar-refractivity contribution in [2.75, 3.05) is 0 Å². The van der Waals surface area contributed by atoms with E-state index in [9.17, 15) is 4.79 Å². The van der Waals surface area contributed by atoms with Crippen molar-refractivity contribution in [2.45, 2.75) is 6.92 Å². The predicted molar refractivity (Wildman–Crippen MR) is 34.8 cm³/mol. The Balaban J connectivity index is 3.84. The minimum absolute atomic E-state index is 0.359. The molecule has 42 valence electrons. The molecule has 0 unspecified atom stereocenters. The van der Waals surface area contributed by atoms with E-state index in [0.717, 1.165) is 0 Å². The first-order valence-electron chi connectivity index (χ1n) is 2.05. The van der Waals surface area contributed by atoms with Crippen molar-refractivity contribution in [2.24, 2.45) is 4.99 Å². The Hall–Kier alpha value is -0.790. The normalized spacial score (nSPS) is 8.62. The zero-order chi connectivity index (χ0) is 6.41. The number of thiocarbonyl (C=S) groups is 1. The van der Waals surface area contributed by atoms with Crippen molar-refractivity contribution in [1.82, 2.24) is 0 Å². The van der Waals surface area contributed by atoms with E-state index in [1.807, 2.05) is 5.16 Å². The fourth-order valence-electron chi connectivity index (χ4n) is 0.225. The van der Waals surface area contributed by atoms with Gasteiger partial charge in [0, 0.05) is 6.08 Å². The van der Waals surface area contributed by atoms with Gasteiger partial charge in [-0.05, 0) is 19.1 Å².